The second-order valence-corrected chi connectivity index (χ2v) is 5.33. The molecule has 0 saturated heterocycles. The molecule has 4 N–H and O–H groups in total. The van der Waals surface area contributed by atoms with Gasteiger partial charge in [0.15, 0.2) is 11.1 Å². The Morgan fingerprint density at radius 1 is 1.52 bits per heavy atom. The Balaban J connectivity index is 2.26. The number of nitrogens with zero attached hydrogens (tertiary/aromatic N) is 2. The number of nitrogens with two attached hydrogens (primary N) is 1. The number of unbranched alkanes of at least 4 members (excludes halogenated alkanes) is 1. The topological polar surface area (TPSA) is 102 Å². The number of hydrogen-bond acceptors (Lipinski definition) is 5. The van der Waals surface area contributed by atoms with Crippen molar-refractivity contribution in [3.8, 4) is 0 Å². The third kappa shape index (κ3) is 8.26. The van der Waals surface area contributed by atoms with E-state index in [-0.39, 0.29) is 5.91 Å². The van der Waals surface area contributed by atoms with Crippen molar-refractivity contribution in [2.24, 2.45) is 10.7 Å². The van der Waals surface area contributed by atoms with Crippen LogP contribution in [0.2, 0.25) is 0 Å². The standard InChI is InChI=1S/C13H23N5O2S/c1-10(19)15-6-4-3-5-11-9-21-13(17-11)18-12(14)16-7-8-20-2/h9H,3-8H2,1-2H3,(H,15,19)(H3,14,16,17,18). The average Bonchev–Trinajstić information content (AvgIpc) is 2.86. The Hall–Kier alpha value is -1.67. The minimum absolute atomic E-state index is 0.0124. The lowest BCUT2D eigenvalue weighted by Gasteiger charge is -2.02. The third-order valence-electron chi connectivity index (χ3n) is 2.60. The van der Waals surface area contributed by atoms with Crippen LogP contribution >= 0.6 is 11.3 Å². The van der Waals surface area contributed by atoms with Crippen molar-refractivity contribution in [3.05, 3.63) is 11.1 Å². The van der Waals surface area contributed by atoms with E-state index in [1.165, 1.54) is 18.3 Å². The van der Waals surface area contributed by atoms with E-state index in [0.717, 1.165) is 30.1 Å². The Labute approximate surface area is 129 Å². The molecule has 7 nitrogen and oxygen atoms in total. The SMILES string of the molecule is COCCN=C(N)Nc1nc(CCCCNC(C)=O)cs1. The van der Waals surface area contributed by atoms with Gasteiger partial charge in [-0.25, -0.2) is 4.98 Å². The summed E-state index contributed by atoms with van der Waals surface area (Å²) >= 11 is 1.50. The maximum absolute atomic E-state index is 10.7. The first-order valence-corrected chi connectivity index (χ1v) is 7.74. The first-order valence-electron chi connectivity index (χ1n) is 6.86. The van der Waals surface area contributed by atoms with Crippen LogP contribution in [-0.2, 0) is 16.0 Å². The largest absolute Gasteiger partial charge is 0.383 e. The van der Waals surface area contributed by atoms with Crippen LogP contribution in [0, 0.1) is 0 Å². The fraction of sp³-hybridized carbons (Fsp3) is 0.615. The number of rotatable bonds is 9. The van der Waals surface area contributed by atoms with Gasteiger partial charge in [-0.3, -0.25) is 9.79 Å². The molecule has 118 valence electrons. The number of carbonyl (C=O) groups excluding carboxylic acids is 1. The van der Waals surface area contributed by atoms with E-state index >= 15 is 0 Å². The quantitative estimate of drug-likeness (QED) is 0.358. The van der Waals surface area contributed by atoms with E-state index in [9.17, 15) is 4.79 Å². The van der Waals surface area contributed by atoms with Crippen LogP contribution in [0.4, 0.5) is 5.13 Å². The number of ether oxygens (including phenoxy) is 1. The van der Waals surface area contributed by atoms with Crippen molar-refractivity contribution in [1.29, 1.82) is 0 Å². The molecule has 0 aliphatic rings. The Bertz CT molecular complexity index is 461. The predicted molar refractivity (Wildman–Crippen MR) is 85.7 cm³/mol. The van der Waals surface area contributed by atoms with Crippen molar-refractivity contribution in [1.82, 2.24) is 10.3 Å². The zero-order valence-electron chi connectivity index (χ0n) is 12.5. The van der Waals surface area contributed by atoms with E-state index in [1.54, 1.807) is 7.11 Å². The molecule has 1 heterocycles. The van der Waals surface area contributed by atoms with Gasteiger partial charge < -0.3 is 21.1 Å². The number of amides is 1. The lowest BCUT2D eigenvalue weighted by Crippen LogP contribution is -2.23. The van der Waals surface area contributed by atoms with Crippen LogP contribution < -0.4 is 16.4 Å². The molecule has 0 aromatic carbocycles. The minimum atomic E-state index is 0.0124. The number of carbonyl (C=O) groups is 1. The molecule has 0 fully saturated rings. The van der Waals surface area contributed by atoms with Gasteiger partial charge >= 0.3 is 0 Å². The molecule has 1 aromatic heterocycles. The van der Waals surface area contributed by atoms with Crippen LogP contribution in [-0.4, -0.2) is 43.7 Å². The van der Waals surface area contributed by atoms with Crippen molar-refractivity contribution in [3.63, 3.8) is 0 Å². The molecule has 1 rings (SSSR count). The van der Waals surface area contributed by atoms with Crippen molar-refractivity contribution in [2.45, 2.75) is 26.2 Å². The summed E-state index contributed by atoms with van der Waals surface area (Å²) in [5, 5.41) is 8.48. The number of aromatic nitrogens is 1. The summed E-state index contributed by atoms with van der Waals surface area (Å²) in [4.78, 5) is 19.3. The van der Waals surface area contributed by atoms with Gasteiger partial charge in [0, 0.05) is 26.0 Å². The molecule has 0 spiro atoms. The molecule has 0 bridgehead atoms. The summed E-state index contributed by atoms with van der Waals surface area (Å²) < 4.78 is 4.90. The summed E-state index contributed by atoms with van der Waals surface area (Å²) in [5.41, 5.74) is 6.76. The molecule has 0 aliphatic carbocycles. The molecule has 1 amide bonds. The molecular formula is C13H23N5O2S. The monoisotopic (exact) mass is 313 g/mol. The van der Waals surface area contributed by atoms with Crippen molar-refractivity contribution >= 4 is 28.3 Å². The van der Waals surface area contributed by atoms with Crippen LogP contribution in [0.5, 0.6) is 0 Å². The lowest BCUT2D eigenvalue weighted by molar-refractivity contribution is -0.118. The summed E-state index contributed by atoms with van der Waals surface area (Å²) in [7, 11) is 1.62. The fourth-order valence-corrected chi connectivity index (χ4v) is 2.33. The third-order valence-corrected chi connectivity index (χ3v) is 3.40. The number of nitrogens with one attached hydrogen (secondary N) is 2. The maximum atomic E-state index is 10.7. The molecule has 8 heteroatoms. The zero-order chi connectivity index (χ0) is 15.5. The van der Waals surface area contributed by atoms with Crippen molar-refractivity contribution < 1.29 is 9.53 Å². The first kappa shape index (κ1) is 17.4. The summed E-state index contributed by atoms with van der Waals surface area (Å²) in [6.45, 7) is 3.30. The Morgan fingerprint density at radius 2 is 2.33 bits per heavy atom. The second kappa shape index (κ2) is 10.1. The van der Waals surface area contributed by atoms with Gasteiger partial charge in [-0.05, 0) is 19.3 Å². The van der Waals surface area contributed by atoms with Gasteiger partial charge in [0.05, 0.1) is 18.8 Å². The zero-order valence-corrected chi connectivity index (χ0v) is 13.3. The number of guanidine groups is 1. The minimum Gasteiger partial charge on any atom is -0.383 e. The number of aliphatic imine (C=N–C) groups is 1. The first-order chi connectivity index (χ1) is 10.1. The number of hydrogen-bond donors (Lipinski definition) is 3. The van der Waals surface area contributed by atoms with E-state index in [2.05, 4.69) is 20.6 Å². The molecular weight excluding hydrogens is 290 g/mol. The normalized spacial score (nSPS) is 11.4. The summed E-state index contributed by atoms with van der Waals surface area (Å²) in [6.07, 6.45) is 2.82. The van der Waals surface area contributed by atoms with Crippen molar-refractivity contribution in [2.75, 3.05) is 32.1 Å². The van der Waals surface area contributed by atoms with Gasteiger partial charge in [-0.15, -0.1) is 11.3 Å². The number of aryl methyl sites for hydroxylation is 1. The Kier molecular flexibility index (Phi) is 8.37. The highest BCUT2D eigenvalue weighted by atomic mass is 32.1. The Morgan fingerprint density at radius 3 is 3.05 bits per heavy atom. The van der Waals surface area contributed by atoms with Gasteiger partial charge in [0.25, 0.3) is 0 Å². The van der Waals surface area contributed by atoms with Gasteiger partial charge in [0.1, 0.15) is 0 Å². The lowest BCUT2D eigenvalue weighted by atomic mass is 10.2. The van der Waals surface area contributed by atoms with Gasteiger partial charge in [-0.1, -0.05) is 0 Å². The smallest absolute Gasteiger partial charge is 0.216 e. The second-order valence-electron chi connectivity index (χ2n) is 4.47. The summed E-state index contributed by atoms with van der Waals surface area (Å²) in [5.74, 6) is 0.358. The van der Waals surface area contributed by atoms with Crippen LogP contribution in [0.15, 0.2) is 10.4 Å². The van der Waals surface area contributed by atoms with E-state index in [4.69, 9.17) is 10.5 Å². The molecule has 21 heavy (non-hydrogen) atoms. The number of thiazole rings is 1. The maximum Gasteiger partial charge on any atom is 0.216 e. The van der Waals surface area contributed by atoms with Gasteiger partial charge in [-0.2, -0.15) is 0 Å². The van der Waals surface area contributed by atoms with E-state index in [0.29, 0.717) is 25.7 Å². The highest BCUT2D eigenvalue weighted by Crippen LogP contribution is 2.16. The highest BCUT2D eigenvalue weighted by Gasteiger charge is 2.03. The van der Waals surface area contributed by atoms with Gasteiger partial charge in [0.2, 0.25) is 5.91 Å². The molecule has 0 saturated carbocycles. The van der Waals surface area contributed by atoms with Crippen LogP contribution in [0.1, 0.15) is 25.5 Å². The number of methoxy groups -OCH3 is 1. The number of anilines is 1. The highest BCUT2D eigenvalue weighted by molar-refractivity contribution is 7.13. The predicted octanol–water partition coefficient (Wildman–Crippen LogP) is 0.975. The molecule has 1 aromatic rings. The van der Waals surface area contributed by atoms with E-state index < -0.39 is 0 Å². The van der Waals surface area contributed by atoms with Crippen LogP contribution in [0.25, 0.3) is 0 Å². The molecule has 0 atom stereocenters. The van der Waals surface area contributed by atoms with Crippen LogP contribution in [0.3, 0.4) is 0 Å². The fourth-order valence-electron chi connectivity index (χ4n) is 1.58. The van der Waals surface area contributed by atoms with E-state index in [1.807, 2.05) is 5.38 Å². The molecule has 0 unspecified atom stereocenters. The average molecular weight is 313 g/mol. The summed E-state index contributed by atoms with van der Waals surface area (Å²) in [6, 6.07) is 0. The molecule has 0 aliphatic heterocycles. The molecule has 0 radical (unpaired) electrons.